The first-order valence-electron chi connectivity index (χ1n) is 14.3. The molecule has 41 heavy (non-hydrogen) atoms. The number of aryl methyl sites for hydroxylation is 1. The van der Waals surface area contributed by atoms with Crippen molar-refractivity contribution in [2.75, 3.05) is 49.5 Å². The fourth-order valence-corrected chi connectivity index (χ4v) is 7.03. The van der Waals surface area contributed by atoms with Gasteiger partial charge in [0.25, 0.3) is 6.01 Å². The van der Waals surface area contributed by atoms with Crippen LogP contribution in [0.1, 0.15) is 47.8 Å². The predicted octanol–water partition coefficient (Wildman–Crippen LogP) is 4.91. The molecule has 3 unspecified atom stereocenters. The van der Waals surface area contributed by atoms with Crippen LogP contribution in [0.2, 0.25) is 0 Å². The molecule has 1 spiro atoms. The van der Waals surface area contributed by atoms with E-state index in [0.717, 1.165) is 38.2 Å². The highest BCUT2D eigenvalue weighted by molar-refractivity contribution is 5.92. The Labute approximate surface area is 238 Å². The molecule has 2 fully saturated rings. The highest BCUT2D eigenvalue weighted by Gasteiger charge is 2.46. The number of anilines is 2. The van der Waals surface area contributed by atoms with E-state index in [0.29, 0.717) is 44.5 Å². The van der Waals surface area contributed by atoms with Gasteiger partial charge in [-0.05, 0) is 73.9 Å². The summed E-state index contributed by atoms with van der Waals surface area (Å²) in [6.45, 7) is 8.95. The molecule has 10 heteroatoms. The van der Waals surface area contributed by atoms with Crippen molar-refractivity contribution in [3.8, 4) is 11.3 Å². The van der Waals surface area contributed by atoms with Crippen LogP contribution in [0.5, 0.6) is 0 Å². The van der Waals surface area contributed by atoms with E-state index < -0.39 is 23.7 Å². The molecule has 3 aromatic rings. The Morgan fingerprint density at radius 2 is 1.90 bits per heavy atom. The van der Waals surface area contributed by atoms with Crippen molar-refractivity contribution in [2.45, 2.75) is 44.6 Å². The van der Waals surface area contributed by atoms with E-state index in [4.69, 9.17) is 4.42 Å². The van der Waals surface area contributed by atoms with Crippen molar-refractivity contribution in [3.05, 3.63) is 64.9 Å². The van der Waals surface area contributed by atoms with E-state index in [9.17, 15) is 23.8 Å². The van der Waals surface area contributed by atoms with Crippen LogP contribution in [-0.2, 0) is 5.41 Å². The van der Waals surface area contributed by atoms with Gasteiger partial charge in [0.1, 0.15) is 11.6 Å². The van der Waals surface area contributed by atoms with Gasteiger partial charge in [-0.25, -0.2) is 13.6 Å². The molecule has 218 valence electrons. The van der Waals surface area contributed by atoms with Crippen molar-refractivity contribution in [2.24, 2.45) is 11.8 Å². The van der Waals surface area contributed by atoms with Gasteiger partial charge in [0, 0.05) is 55.5 Å². The number of oxazole rings is 1. The number of aromatic carboxylic acids is 1. The molecule has 0 amide bonds. The maximum atomic E-state index is 13.8. The SMILES string of the molecule is Cc1ccc2c(c1)NCC21CCN(CC(O)C2CCN(c3nc(C(=O)O)c(-c4cc(F)cc(F)c4)o3)CC2)CC1C. The molecule has 3 aliphatic heterocycles. The summed E-state index contributed by atoms with van der Waals surface area (Å²) in [4.78, 5) is 20.1. The maximum Gasteiger partial charge on any atom is 0.358 e. The molecule has 6 rings (SSSR count). The highest BCUT2D eigenvalue weighted by Crippen LogP contribution is 2.47. The van der Waals surface area contributed by atoms with Crippen LogP contribution >= 0.6 is 0 Å². The minimum absolute atomic E-state index is 0.0199. The second-order valence-corrected chi connectivity index (χ2v) is 12.0. The molecule has 3 atom stereocenters. The molecule has 3 N–H and O–H groups in total. The maximum absolute atomic E-state index is 13.8. The number of carboxylic acids is 1. The molecule has 0 radical (unpaired) electrons. The number of aliphatic hydroxyl groups is 1. The number of benzene rings is 2. The molecule has 0 aliphatic carbocycles. The Bertz CT molecular complexity index is 1430. The van der Waals surface area contributed by atoms with Crippen molar-refractivity contribution in [1.82, 2.24) is 9.88 Å². The molecule has 3 aliphatic rings. The van der Waals surface area contributed by atoms with Crippen LogP contribution in [0.3, 0.4) is 0 Å². The van der Waals surface area contributed by atoms with Gasteiger partial charge in [-0.2, -0.15) is 4.98 Å². The third-order valence-electron chi connectivity index (χ3n) is 9.40. The number of rotatable bonds is 6. The lowest BCUT2D eigenvalue weighted by Crippen LogP contribution is -2.52. The van der Waals surface area contributed by atoms with Gasteiger partial charge < -0.3 is 29.7 Å². The number of hydrogen-bond acceptors (Lipinski definition) is 7. The first-order chi connectivity index (χ1) is 19.6. The summed E-state index contributed by atoms with van der Waals surface area (Å²) in [5, 5.41) is 24.4. The number of nitrogens with one attached hydrogen (secondary N) is 1. The van der Waals surface area contributed by atoms with Crippen LogP contribution in [0.25, 0.3) is 11.3 Å². The zero-order chi connectivity index (χ0) is 28.9. The number of fused-ring (bicyclic) bond motifs is 2. The minimum Gasteiger partial charge on any atom is -0.476 e. The minimum atomic E-state index is -1.34. The number of likely N-dealkylation sites (tertiary alicyclic amines) is 1. The zero-order valence-corrected chi connectivity index (χ0v) is 23.4. The van der Waals surface area contributed by atoms with E-state index in [1.54, 1.807) is 0 Å². The summed E-state index contributed by atoms with van der Waals surface area (Å²) in [6, 6.07) is 9.58. The van der Waals surface area contributed by atoms with Gasteiger partial charge >= 0.3 is 5.97 Å². The van der Waals surface area contributed by atoms with Crippen LogP contribution in [-0.4, -0.2) is 71.4 Å². The molecule has 8 nitrogen and oxygen atoms in total. The summed E-state index contributed by atoms with van der Waals surface area (Å²) in [6.07, 6.45) is 1.97. The van der Waals surface area contributed by atoms with Crippen molar-refractivity contribution in [3.63, 3.8) is 0 Å². The summed E-state index contributed by atoms with van der Waals surface area (Å²) < 4.78 is 33.3. The average molecular weight is 567 g/mol. The third-order valence-corrected chi connectivity index (χ3v) is 9.40. The molecule has 0 bridgehead atoms. The lowest BCUT2D eigenvalue weighted by Gasteiger charge is -2.46. The lowest BCUT2D eigenvalue weighted by atomic mass is 9.67. The van der Waals surface area contributed by atoms with E-state index in [2.05, 4.69) is 47.2 Å². The quantitative estimate of drug-likeness (QED) is 0.387. The van der Waals surface area contributed by atoms with E-state index >= 15 is 0 Å². The van der Waals surface area contributed by atoms with Crippen molar-refractivity contribution < 1.29 is 28.2 Å². The van der Waals surface area contributed by atoms with Crippen LogP contribution < -0.4 is 10.2 Å². The predicted molar refractivity (Wildman–Crippen MR) is 151 cm³/mol. The Morgan fingerprint density at radius 3 is 2.59 bits per heavy atom. The lowest BCUT2D eigenvalue weighted by molar-refractivity contribution is 0.0242. The number of hydrogen-bond donors (Lipinski definition) is 3. The average Bonchev–Trinajstić information content (AvgIpc) is 3.54. The third kappa shape index (κ3) is 5.19. The normalized spacial score (nSPS) is 23.9. The van der Waals surface area contributed by atoms with Gasteiger partial charge in [-0.15, -0.1) is 0 Å². The molecule has 4 heterocycles. The summed E-state index contributed by atoms with van der Waals surface area (Å²) in [7, 11) is 0. The molecule has 2 saturated heterocycles. The van der Waals surface area contributed by atoms with Gasteiger partial charge in [-0.1, -0.05) is 19.1 Å². The number of carboxylic acid groups (broad SMARTS) is 1. The smallest absolute Gasteiger partial charge is 0.358 e. The second-order valence-electron chi connectivity index (χ2n) is 12.0. The van der Waals surface area contributed by atoms with Gasteiger partial charge in [0.15, 0.2) is 11.5 Å². The number of aliphatic hydroxyl groups excluding tert-OH is 1. The van der Waals surface area contributed by atoms with Crippen molar-refractivity contribution in [1.29, 1.82) is 0 Å². The van der Waals surface area contributed by atoms with Crippen molar-refractivity contribution >= 4 is 17.7 Å². The fourth-order valence-electron chi connectivity index (χ4n) is 7.03. The number of β-amino-alcohol motifs (C(OH)–C–C–N with tert-alkyl or cyclic N) is 1. The topological polar surface area (TPSA) is 102 Å². The Hall–Kier alpha value is -3.50. The Morgan fingerprint density at radius 1 is 1.17 bits per heavy atom. The standard InChI is InChI=1S/C31H36F2N4O4/c1-18-3-4-24-25(11-18)34-17-31(24)7-10-36(15-19(31)2)16-26(38)20-5-8-37(9-6-20)30-35-27(29(39)40)28(41-30)21-12-22(32)14-23(33)13-21/h3-4,11-14,19-20,26,34,38H,5-10,15-17H2,1-2H3,(H,39,40). The molecule has 2 aromatic carbocycles. The summed E-state index contributed by atoms with van der Waals surface area (Å²) in [5.74, 6) is -2.63. The molecular weight excluding hydrogens is 530 g/mol. The van der Waals surface area contributed by atoms with Crippen LogP contribution in [0, 0.1) is 30.4 Å². The van der Waals surface area contributed by atoms with E-state index in [1.807, 2.05) is 4.90 Å². The van der Waals surface area contributed by atoms with E-state index in [-0.39, 0.29) is 34.4 Å². The zero-order valence-electron chi connectivity index (χ0n) is 23.4. The first kappa shape index (κ1) is 27.7. The van der Waals surface area contributed by atoms with Gasteiger partial charge in [0.2, 0.25) is 0 Å². The van der Waals surface area contributed by atoms with Crippen LogP contribution in [0.15, 0.2) is 40.8 Å². The molecule has 0 saturated carbocycles. The second kappa shape index (κ2) is 10.7. The summed E-state index contributed by atoms with van der Waals surface area (Å²) >= 11 is 0. The highest BCUT2D eigenvalue weighted by atomic mass is 19.1. The number of halogens is 2. The number of aromatic nitrogens is 1. The van der Waals surface area contributed by atoms with Crippen LogP contribution in [0.4, 0.5) is 20.5 Å². The Balaban J connectivity index is 1.07. The van der Waals surface area contributed by atoms with Gasteiger partial charge in [-0.3, -0.25) is 0 Å². The van der Waals surface area contributed by atoms with E-state index in [1.165, 1.54) is 16.8 Å². The Kier molecular flexibility index (Phi) is 7.23. The number of carbonyl (C=O) groups is 1. The fraction of sp³-hybridized carbons (Fsp3) is 0.484. The first-order valence-corrected chi connectivity index (χ1v) is 14.3. The monoisotopic (exact) mass is 566 g/mol. The number of piperidine rings is 2. The van der Waals surface area contributed by atoms with Gasteiger partial charge in [0.05, 0.1) is 6.10 Å². The molecular formula is C31H36F2N4O4. The number of nitrogens with zero attached hydrogens (tertiary/aromatic N) is 3. The molecule has 1 aromatic heterocycles. The summed E-state index contributed by atoms with van der Waals surface area (Å²) in [5.41, 5.74) is 3.67. The largest absolute Gasteiger partial charge is 0.476 e.